The summed E-state index contributed by atoms with van der Waals surface area (Å²) in [7, 11) is 0. The molecule has 160 valence electrons. The minimum atomic E-state index is -0.535. The zero-order valence-electron chi connectivity index (χ0n) is 17.2. The summed E-state index contributed by atoms with van der Waals surface area (Å²) in [6, 6.07) is 7.38. The van der Waals surface area contributed by atoms with Gasteiger partial charge in [0.25, 0.3) is 0 Å². The fraction of sp³-hybridized carbons (Fsp3) is 0.409. The molecule has 0 radical (unpaired) electrons. The summed E-state index contributed by atoms with van der Waals surface area (Å²) in [6.45, 7) is 7.50. The second-order valence-electron chi connectivity index (χ2n) is 7.21. The number of aromatic nitrogens is 2. The van der Waals surface area contributed by atoms with Crippen LogP contribution in [0.1, 0.15) is 32.6 Å². The van der Waals surface area contributed by atoms with Crippen LogP contribution in [-0.2, 0) is 4.79 Å². The molecule has 1 atom stereocenters. The first-order chi connectivity index (χ1) is 14.6. The first-order valence-corrected chi connectivity index (χ1v) is 10.3. The summed E-state index contributed by atoms with van der Waals surface area (Å²) in [6.07, 6.45) is 6.20. The summed E-state index contributed by atoms with van der Waals surface area (Å²) in [4.78, 5) is 21.8. The normalized spacial score (nSPS) is 16.1. The number of nitrogens with zero attached hydrogens (tertiary/aromatic N) is 3. The number of anilines is 3. The highest BCUT2D eigenvalue weighted by Gasteiger charge is 2.23. The molecule has 30 heavy (non-hydrogen) atoms. The van der Waals surface area contributed by atoms with Crippen molar-refractivity contribution < 1.29 is 13.9 Å². The predicted octanol–water partition coefficient (Wildman–Crippen LogP) is 4.13. The van der Waals surface area contributed by atoms with Gasteiger partial charge in [0.15, 0.2) is 11.6 Å². The average Bonchev–Trinajstić information content (AvgIpc) is 2.77. The van der Waals surface area contributed by atoms with E-state index in [-0.39, 0.29) is 23.7 Å². The number of amides is 1. The van der Waals surface area contributed by atoms with Crippen molar-refractivity contribution in [3.63, 3.8) is 0 Å². The van der Waals surface area contributed by atoms with Crippen molar-refractivity contribution in [2.45, 2.75) is 38.6 Å². The van der Waals surface area contributed by atoms with E-state index in [1.165, 1.54) is 6.08 Å². The van der Waals surface area contributed by atoms with E-state index < -0.39 is 5.82 Å². The van der Waals surface area contributed by atoms with E-state index in [2.05, 4.69) is 34.1 Å². The van der Waals surface area contributed by atoms with E-state index >= 15 is 0 Å². The maximum atomic E-state index is 14.3. The molecular formula is C22H28FN5O2. The molecule has 1 aliphatic heterocycles. The van der Waals surface area contributed by atoms with Crippen molar-refractivity contribution >= 4 is 23.4 Å². The molecule has 1 saturated heterocycles. The fourth-order valence-corrected chi connectivity index (χ4v) is 3.24. The first-order valence-electron chi connectivity index (χ1n) is 10.3. The molecule has 1 aromatic carbocycles. The van der Waals surface area contributed by atoms with Gasteiger partial charge in [0, 0.05) is 24.8 Å². The van der Waals surface area contributed by atoms with Gasteiger partial charge in [0.2, 0.25) is 11.9 Å². The predicted molar refractivity (Wildman–Crippen MR) is 116 cm³/mol. The maximum Gasteiger partial charge on any atom is 0.246 e. The minimum absolute atomic E-state index is 0.0838. The second kappa shape index (κ2) is 10.6. The molecule has 8 heteroatoms. The number of likely N-dealkylation sites (tertiary alicyclic amines) is 1. The van der Waals surface area contributed by atoms with E-state index in [1.807, 2.05) is 24.3 Å². The lowest BCUT2D eigenvalue weighted by Gasteiger charge is -2.32. The van der Waals surface area contributed by atoms with Crippen LogP contribution in [0.4, 0.5) is 21.8 Å². The fourth-order valence-electron chi connectivity index (χ4n) is 3.24. The topological polar surface area (TPSA) is 79.4 Å². The van der Waals surface area contributed by atoms with Crippen LogP contribution in [0.25, 0.3) is 0 Å². The van der Waals surface area contributed by atoms with Crippen LogP contribution in [0.5, 0.6) is 5.75 Å². The van der Waals surface area contributed by atoms with Gasteiger partial charge in [-0.3, -0.25) is 4.79 Å². The van der Waals surface area contributed by atoms with E-state index in [4.69, 9.17) is 4.74 Å². The van der Waals surface area contributed by atoms with Crippen LogP contribution < -0.4 is 15.4 Å². The van der Waals surface area contributed by atoms with E-state index in [1.54, 1.807) is 4.90 Å². The standard InChI is InChI=1S/C22H28FN5O2/c1-3-5-13-30-18-10-8-16(9-11-18)26-22-24-14-19(23)21(27-22)25-17-7-6-12-28(15-17)20(29)4-2/h4,8-11,14,17H,2-3,5-7,12-13,15H2,1H3,(H2,24,25,26,27)/t17-/m1/s1. The second-order valence-corrected chi connectivity index (χ2v) is 7.21. The third kappa shape index (κ3) is 5.92. The van der Waals surface area contributed by atoms with Gasteiger partial charge in [-0.25, -0.2) is 9.37 Å². The van der Waals surface area contributed by atoms with Crippen LogP contribution in [0.15, 0.2) is 43.1 Å². The molecule has 0 unspecified atom stereocenters. The zero-order chi connectivity index (χ0) is 21.3. The number of nitrogens with one attached hydrogen (secondary N) is 2. The lowest BCUT2D eigenvalue weighted by atomic mass is 10.1. The van der Waals surface area contributed by atoms with Crippen LogP contribution >= 0.6 is 0 Å². The summed E-state index contributed by atoms with van der Waals surface area (Å²) < 4.78 is 19.9. The molecule has 3 rings (SSSR count). The Kier molecular flexibility index (Phi) is 7.59. The third-order valence-electron chi connectivity index (χ3n) is 4.87. The molecule has 1 amide bonds. The molecule has 0 bridgehead atoms. The average molecular weight is 413 g/mol. The van der Waals surface area contributed by atoms with Crippen LogP contribution in [-0.4, -0.2) is 46.5 Å². The molecule has 1 fully saturated rings. The van der Waals surface area contributed by atoms with Crippen LogP contribution in [0.3, 0.4) is 0 Å². The Labute approximate surface area is 176 Å². The van der Waals surface area contributed by atoms with Crippen molar-refractivity contribution in [3.05, 3.63) is 48.9 Å². The summed E-state index contributed by atoms with van der Waals surface area (Å²) in [5.41, 5.74) is 0.774. The molecular weight excluding hydrogens is 385 g/mol. The Morgan fingerprint density at radius 1 is 1.40 bits per heavy atom. The van der Waals surface area contributed by atoms with Gasteiger partial charge in [-0.1, -0.05) is 19.9 Å². The number of carbonyl (C=O) groups excluding carboxylic acids is 1. The monoisotopic (exact) mass is 413 g/mol. The number of carbonyl (C=O) groups is 1. The third-order valence-corrected chi connectivity index (χ3v) is 4.87. The number of benzene rings is 1. The number of hydrogen-bond donors (Lipinski definition) is 2. The highest BCUT2D eigenvalue weighted by atomic mass is 19.1. The van der Waals surface area contributed by atoms with Gasteiger partial charge >= 0.3 is 0 Å². The maximum absolute atomic E-state index is 14.3. The summed E-state index contributed by atoms with van der Waals surface area (Å²) in [5.74, 6) is 0.548. The molecule has 1 aliphatic rings. The molecule has 0 aliphatic carbocycles. The Morgan fingerprint density at radius 3 is 2.93 bits per heavy atom. The quantitative estimate of drug-likeness (QED) is 0.475. The molecule has 2 N–H and O–H groups in total. The van der Waals surface area contributed by atoms with E-state index in [0.717, 1.165) is 43.3 Å². The van der Waals surface area contributed by atoms with Gasteiger partial charge in [-0.15, -0.1) is 0 Å². The molecule has 7 nitrogen and oxygen atoms in total. The lowest BCUT2D eigenvalue weighted by Crippen LogP contribution is -2.44. The van der Waals surface area contributed by atoms with Crippen LogP contribution in [0.2, 0.25) is 0 Å². The van der Waals surface area contributed by atoms with Gasteiger partial charge in [-0.2, -0.15) is 4.98 Å². The van der Waals surface area contributed by atoms with Gasteiger partial charge in [0.1, 0.15) is 5.75 Å². The molecule has 2 heterocycles. The Bertz CT molecular complexity index is 859. The Hall–Kier alpha value is -3.16. The number of rotatable bonds is 9. The van der Waals surface area contributed by atoms with Gasteiger partial charge in [-0.05, 0) is 49.6 Å². The number of ether oxygens (including phenoxy) is 1. The van der Waals surface area contributed by atoms with Crippen molar-refractivity contribution in [3.8, 4) is 5.75 Å². The highest BCUT2D eigenvalue weighted by molar-refractivity contribution is 5.87. The molecule has 0 spiro atoms. The molecule has 1 aromatic heterocycles. The summed E-state index contributed by atoms with van der Waals surface area (Å²) in [5, 5.41) is 6.18. The van der Waals surface area contributed by atoms with Crippen molar-refractivity contribution in [2.24, 2.45) is 0 Å². The van der Waals surface area contributed by atoms with E-state index in [9.17, 15) is 9.18 Å². The number of piperidine rings is 1. The first kappa shape index (κ1) is 21.5. The molecule has 2 aromatic rings. The molecule has 0 saturated carbocycles. The zero-order valence-corrected chi connectivity index (χ0v) is 17.2. The smallest absolute Gasteiger partial charge is 0.246 e. The van der Waals surface area contributed by atoms with Gasteiger partial charge < -0.3 is 20.3 Å². The van der Waals surface area contributed by atoms with Crippen LogP contribution in [0, 0.1) is 5.82 Å². The lowest BCUT2D eigenvalue weighted by molar-refractivity contribution is -0.127. The SMILES string of the molecule is C=CC(=O)N1CCC[C@@H](Nc2nc(Nc3ccc(OCCCC)cc3)ncc2F)C1. The Morgan fingerprint density at radius 2 is 2.20 bits per heavy atom. The number of hydrogen-bond acceptors (Lipinski definition) is 6. The summed E-state index contributed by atoms with van der Waals surface area (Å²) >= 11 is 0. The Balaban J connectivity index is 1.62. The van der Waals surface area contributed by atoms with Crippen molar-refractivity contribution in [1.29, 1.82) is 0 Å². The van der Waals surface area contributed by atoms with Crippen molar-refractivity contribution in [1.82, 2.24) is 14.9 Å². The minimum Gasteiger partial charge on any atom is -0.494 e. The highest BCUT2D eigenvalue weighted by Crippen LogP contribution is 2.22. The van der Waals surface area contributed by atoms with Crippen molar-refractivity contribution in [2.75, 3.05) is 30.3 Å². The van der Waals surface area contributed by atoms with Gasteiger partial charge in [0.05, 0.1) is 12.8 Å². The number of halogens is 1. The largest absolute Gasteiger partial charge is 0.494 e. The number of unbranched alkanes of at least 4 members (excludes halogenated alkanes) is 1. The van der Waals surface area contributed by atoms with E-state index in [0.29, 0.717) is 19.7 Å².